The van der Waals surface area contributed by atoms with Crippen molar-refractivity contribution in [3.05, 3.63) is 60.3 Å². The maximum Gasteiger partial charge on any atom is 0.239 e. The lowest BCUT2D eigenvalue weighted by Gasteiger charge is -2.06. The van der Waals surface area contributed by atoms with Crippen LogP contribution >= 0.6 is 0 Å². The van der Waals surface area contributed by atoms with Gasteiger partial charge in [0.1, 0.15) is 6.54 Å². The predicted molar refractivity (Wildman–Crippen MR) is 102 cm³/mol. The van der Waals surface area contributed by atoms with Crippen molar-refractivity contribution in [1.82, 2.24) is 9.88 Å². The van der Waals surface area contributed by atoms with Crippen LogP contribution in [0.1, 0.15) is 18.9 Å². The van der Waals surface area contributed by atoms with E-state index in [-0.39, 0.29) is 22.2 Å². The number of carbonyl (C=O) groups excluding carboxylic acids is 1. The van der Waals surface area contributed by atoms with Crippen LogP contribution in [0.3, 0.4) is 0 Å². The Morgan fingerprint density at radius 3 is 2.46 bits per heavy atom. The van der Waals surface area contributed by atoms with Crippen molar-refractivity contribution in [1.29, 1.82) is 0 Å². The van der Waals surface area contributed by atoms with E-state index in [0.717, 1.165) is 17.5 Å². The van der Waals surface area contributed by atoms with E-state index in [1.54, 1.807) is 47.2 Å². The Balaban J connectivity index is 2.06. The summed E-state index contributed by atoms with van der Waals surface area (Å²) < 4.78 is 27.9. The van der Waals surface area contributed by atoms with Crippen LogP contribution < -0.4 is 5.32 Å². The lowest BCUT2D eigenvalue weighted by Crippen LogP contribution is -2.27. The van der Waals surface area contributed by atoms with Crippen molar-refractivity contribution in [2.45, 2.75) is 36.6 Å². The maximum absolute atomic E-state index is 13.1. The Bertz CT molecular complexity index is 1030. The Morgan fingerprint density at radius 1 is 1.08 bits per heavy atom. The molecule has 136 valence electrons. The molecular weight excluding hydrogens is 348 g/mol. The third-order valence-electron chi connectivity index (χ3n) is 4.26. The Kier molecular flexibility index (Phi) is 5.13. The average Bonchev–Trinajstić information content (AvgIpc) is 3.00. The molecule has 1 N–H and O–H groups in total. The number of aromatic nitrogens is 1. The highest BCUT2D eigenvalue weighted by atomic mass is 32.2. The molecule has 3 aromatic rings. The SMILES string of the molecule is CCCNC(=O)Cn1cc(S(=O)(=O)c2ccc(C)cc2)c2ccccc21. The van der Waals surface area contributed by atoms with Crippen molar-refractivity contribution in [2.75, 3.05) is 6.54 Å². The van der Waals surface area contributed by atoms with Gasteiger partial charge in [0.2, 0.25) is 15.7 Å². The number of carbonyl (C=O) groups is 1. The number of benzene rings is 2. The summed E-state index contributed by atoms with van der Waals surface area (Å²) in [6.45, 7) is 4.59. The molecule has 0 radical (unpaired) electrons. The van der Waals surface area contributed by atoms with E-state index >= 15 is 0 Å². The molecule has 0 aliphatic heterocycles. The number of hydrogen-bond acceptors (Lipinski definition) is 3. The highest BCUT2D eigenvalue weighted by Crippen LogP contribution is 2.30. The highest BCUT2D eigenvalue weighted by molar-refractivity contribution is 7.91. The zero-order valence-electron chi connectivity index (χ0n) is 14.9. The molecule has 2 aromatic carbocycles. The number of para-hydroxylation sites is 1. The van der Waals surface area contributed by atoms with Crippen LogP contribution in [-0.4, -0.2) is 25.4 Å². The van der Waals surface area contributed by atoms with Gasteiger partial charge in [0.05, 0.1) is 9.79 Å². The first-order valence-corrected chi connectivity index (χ1v) is 10.1. The second-order valence-electron chi connectivity index (χ2n) is 6.30. The first-order chi connectivity index (χ1) is 12.4. The second kappa shape index (κ2) is 7.33. The van der Waals surface area contributed by atoms with Gasteiger partial charge in [0, 0.05) is 23.6 Å². The van der Waals surface area contributed by atoms with Gasteiger partial charge < -0.3 is 9.88 Å². The van der Waals surface area contributed by atoms with Crippen molar-refractivity contribution in [2.24, 2.45) is 0 Å². The van der Waals surface area contributed by atoms with Crippen LogP contribution in [0.5, 0.6) is 0 Å². The fraction of sp³-hybridized carbons (Fsp3) is 0.250. The van der Waals surface area contributed by atoms with Gasteiger partial charge in [0.25, 0.3) is 0 Å². The first-order valence-electron chi connectivity index (χ1n) is 8.60. The lowest BCUT2D eigenvalue weighted by atomic mass is 10.2. The number of amides is 1. The molecule has 0 unspecified atom stereocenters. The summed E-state index contributed by atoms with van der Waals surface area (Å²) in [7, 11) is -3.67. The maximum atomic E-state index is 13.1. The number of nitrogens with zero attached hydrogens (tertiary/aromatic N) is 1. The highest BCUT2D eigenvalue weighted by Gasteiger charge is 2.23. The molecule has 0 fully saturated rings. The molecule has 0 spiro atoms. The number of nitrogens with one attached hydrogen (secondary N) is 1. The van der Waals surface area contributed by atoms with Gasteiger partial charge in [-0.05, 0) is 31.5 Å². The van der Waals surface area contributed by atoms with E-state index in [1.165, 1.54) is 0 Å². The van der Waals surface area contributed by atoms with Crippen LogP contribution in [0.25, 0.3) is 10.9 Å². The molecule has 0 aliphatic carbocycles. The van der Waals surface area contributed by atoms with Crippen molar-refractivity contribution in [3.63, 3.8) is 0 Å². The smallest absolute Gasteiger partial charge is 0.239 e. The zero-order chi connectivity index (χ0) is 18.7. The summed E-state index contributed by atoms with van der Waals surface area (Å²) in [6.07, 6.45) is 2.41. The molecule has 1 amide bonds. The minimum absolute atomic E-state index is 0.0872. The summed E-state index contributed by atoms with van der Waals surface area (Å²) in [5, 5.41) is 3.44. The van der Waals surface area contributed by atoms with Crippen molar-refractivity contribution >= 4 is 26.6 Å². The number of aryl methyl sites for hydroxylation is 1. The second-order valence-corrected chi connectivity index (χ2v) is 8.22. The van der Waals surface area contributed by atoms with Gasteiger partial charge in [-0.25, -0.2) is 8.42 Å². The third-order valence-corrected chi connectivity index (χ3v) is 6.06. The van der Waals surface area contributed by atoms with Gasteiger partial charge in [-0.15, -0.1) is 0 Å². The van der Waals surface area contributed by atoms with Crippen LogP contribution in [0, 0.1) is 6.92 Å². The fourth-order valence-corrected chi connectivity index (χ4v) is 4.35. The molecule has 3 rings (SSSR count). The van der Waals surface area contributed by atoms with E-state index in [9.17, 15) is 13.2 Å². The minimum Gasteiger partial charge on any atom is -0.355 e. The number of fused-ring (bicyclic) bond motifs is 1. The number of hydrogen-bond donors (Lipinski definition) is 1. The zero-order valence-corrected chi connectivity index (χ0v) is 15.7. The summed E-state index contributed by atoms with van der Waals surface area (Å²) in [4.78, 5) is 12.6. The van der Waals surface area contributed by atoms with E-state index in [2.05, 4.69) is 5.32 Å². The van der Waals surface area contributed by atoms with Gasteiger partial charge in [0.15, 0.2) is 0 Å². The molecular formula is C20H22N2O3S. The lowest BCUT2D eigenvalue weighted by molar-refractivity contribution is -0.121. The number of sulfone groups is 1. The molecule has 1 heterocycles. The topological polar surface area (TPSA) is 68.2 Å². The molecule has 0 atom stereocenters. The third kappa shape index (κ3) is 3.51. The summed E-state index contributed by atoms with van der Waals surface area (Å²) in [5.74, 6) is -0.133. The van der Waals surface area contributed by atoms with Crippen LogP contribution in [0.4, 0.5) is 0 Å². The van der Waals surface area contributed by atoms with Gasteiger partial charge in [-0.2, -0.15) is 0 Å². The van der Waals surface area contributed by atoms with Crippen molar-refractivity contribution < 1.29 is 13.2 Å². The monoisotopic (exact) mass is 370 g/mol. The first kappa shape index (κ1) is 18.2. The fourth-order valence-electron chi connectivity index (χ4n) is 2.88. The number of rotatable bonds is 6. The molecule has 0 saturated carbocycles. The molecule has 0 bridgehead atoms. The van der Waals surface area contributed by atoms with Crippen LogP contribution in [0.2, 0.25) is 0 Å². The molecule has 26 heavy (non-hydrogen) atoms. The normalized spacial score (nSPS) is 11.6. The largest absolute Gasteiger partial charge is 0.355 e. The quantitative estimate of drug-likeness (QED) is 0.724. The molecule has 0 saturated heterocycles. The predicted octanol–water partition coefficient (Wildman–Crippen LogP) is 3.31. The van der Waals surface area contributed by atoms with Crippen LogP contribution in [-0.2, 0) is 21.2 Å². The summed E-state index contributed by atoms with van der Waals surface area (Å²) in [5.41, 5.74) is 1.73. The van der Waals surface area contributed by atoms with Gasteiger partial charge >= 0.3 is 0 Å². The standard InChI is InChI=1S/C20H22N2O3S/c1-3-12-21-20(23)14-22-13-19(17-6-4-5-7-18(17)22)26(24,25)16-10-8-15(2)9-11-16/h4-11,13H,3,12,14H2,1-2H3,(H,21,23). The minimum atomic E-state index is -3.67. The average molecular weight is 370 g/mol. The van der Waals surface area contributed by atoms with Gasteiger partial charge in [-0.1, -0.05) is 42.8 Å². The Morgan fingerprint density at radius 2 is 1.77 bits per heavy atom. The van der Waals surface area contributed by atoms with E-state index in [1.807, 2.05) is 26.0 Å². The molecule has 0 aliphatic rings. The van der Waals surface area contributed by atoms with E-state index in [4.69, 9.17) is 0 Å². The Hall–Kier alpha value is -2.60. The van der Waals surface area contributed by atoms with Crippen molar-refractivity contribution in [3.8, 4) is 0 Å². The summed E-state index contributed by atoms with van der Waals surface area (Å²) in [6, 6.07) is 14.0. The van der Waals surface area contributed by atoms with E-state index < -0.39 is 9.84 Å². The van der Waals surface area contributed by atoms with E-state index in [0.29, 0.717) is 11.9 Å². The Labute approximate surface area is 153 Å². The van der Waals surface area contributed by atoms with Gasteiger partial charge in [-0.3, -0.25) is 4.79 Å². The molecule has 6 heteroatoms. The molecule has 1 aromatic heterocycles. The summed E-state index contributed by atoms with van der Waals surface area (Å²) >= 11 is 0. The molecule has 5 nitrogen and oxygen atoms in total. The van der Waals surface area contributed by atoms with Crippen LogP contribution in [0.15, 0.2) is 64.5 Å².